The number of rotatable bonds is 6. The van der Waals surface area contributed by atoms with Gasteiger partial charge >= 0.3 is 6.36 Å². The SMILES string of the molecule is Cc1cccc(-n2ccnc2SCC(=O)Nc2ccc(OC(F)(F)F)cc2)c1C. The summed E-state index contributed by atoms with van der Waals surface area (Å²) in [5.74, 6) is -0.543. The normalized spacial score (nSPS) is 11.3. The lowest BCUT2D eigenvalue weighted by molar-refractivity contribution is -0.274. The number of alkyl halides is 3. The van der Waals surface area contributed by atoms with Crippen LogP contribution in [-0.4, -0.2) is 27.6 Å². The molecule has 0 aliphatic carbocycles. The maximum absolute atomic E-state index is 12.2. The number of hydrogen-bond donors (Lipinski definition) is 1. The van der Waals surface area contributed by atoms with Crippen LogP contribution in [0.1, 0.15) is 11.1 Å². The fourth-order valence-corrected chi connectivity index (χ4v) is 3.41. The van der Waals surface area contributed by atoms with Crippen LogP contribution in [0.2, 0.25) is 0 Å². The van der Waals surface area contributed by atoms with Crippen molar-refractivity contribution in [1.82, 2.24) is 9.55 Å². The summed E-state index contributed by atoms with van der Waals surface area (Å²) < 4.78 is 42.3. The predicted molar refractivity (Wildman–Crippen MR) is 106 cm³/mol. The summed E-state index contributed by atoms with van der Waals surface area (Å²) in [6, 6.07) is 11.0. The van der Waals surface area contributed by atoms with Gasteiger partial charge in [-0.15, -0.1) is 13.2 Å². The van der Waals surface area contributed by atoms with E-state index in [1.54, 1.807) is 6.20 Å². The smallest absolute Gasteiger partial charge is 0.406 e. The number of aromatic nitrogens is 2. The van der Waals surface area contributed by atoms with E-state index in [1.165, 1.54) is 23.9 Å². The maximum atomic E-state index is 12.2. The molecule has 5 nitrogen and oxygen atoms in total. The van der Waals surface area contributed by atoms with E-state index in [9.17, 15) is 18.0 Å². The molecule has 2 aromatic carbocycles. The second-order valence-corrected chi connectivity index (χ2v) is 7.15. The molecule has 1 heterocycles. The van der Waals surface area contributed by atoms with Gasteiger partial charge in [0.25, 0.3) is 0 Å². The number of thioether (sulfide) groups is 1. The van der Waals surface area contributed by atoms with Gasteiger partial charge in [0.15, 0.2) is 5.16 Å². The van der Waals surface area contributed by atoms with E-state index in [-0.39, 0.29) is 17.4 Å². The van der Waals surface area contributed by atoms with Crippen molar-refractivity contribution in [2.24, 2.45) is 0 Å². The highest BCUT2D eigenvalue weighted by molar-refractivity contribution is 7.99. The lowest BCUT2D eigenvalue weighted by atomic mass is 10.1. The van der Waals surface area contributed by atoms with Gasteiger partial charge in [0.2, 0.25) is 5.91 Å². The molecular formula is C20H18F3N3O2S. The van der Waals surface area contributed by atoms with Crippen LogP contribution in [0.3, 0.4) is 0 Å². The number of amides is 1. The summed E-state index contributed by atoms with van der Waals surface area (Å²) in [6.07, 6.45) is -1.25. The van der Waals surface area contributed by atoms with Crippen LogP contribution in [0.5, 0.6) is 5.75 Å². The largest absolute Gasteiger partial charge is 0.573 e. The van der Waals surface area contributed by atoms with Gasteiger partial charge in [-0.2, -0.15) is 0 Å². The second kappa shape index (κ2) is 8.60. The third-order valence-corrected chi connectivity index (χ3v) is 5.11. The van der Waals surface area contributed by atoms with Gasteiger partial charge in [-0.1, -0.05) is 23.9 Å². The van der Waals surface area contributed by atoms with Crippen molar-refractivity contribution in [3.05, 3.63) is 66.0 Å². The van der Waals surface area contributed by atoms with Crippen LogP contribution in [0.15, 0.2) is 60.0 Å². The third kappa shape index (κ3) is 5.54. The summed E-state index contributed by atoms with van der Waals surface area (Å²) in [5.41, 5.74) is 3.65. The number of nitrogens with zero attached hydrogens (tertiary/aromatic N) is 2. The first-order valence-electron chi connectivity index (χ1n) is 8.61. The molecule has 1 aromatic heterocycles. The van der Waals surface area contributed by atoms with Crippen molar-refractivity contribution in [3.63, 3.8) is 0 Å². The summed E-state index contributed by atoms with van der Waals surface area (Å²) in [4.78, 5) is 16.5. The summed E-state index contributed by atoms with van der Waals surface area (Å²) in [7, 11) is 0. The molecule has 1 N–H and O–H groups in total. The van der Waals surface area contributed by atoms with Crippen molar-refractivity contribution < 1.29 is 22.7 Å². The number of aryl methyl sites for hydroxylation is 1. The highest BCUT2D eigenvalue weighted by Crippen LogP contribution is 2.26. The Morgan fingerprint density at radius 2 is 1.90 bits per heavy atom. The lowest BCUT2D eigenvalue weighted by Crippen LogP contribution is -2.17. The van der Waals surface area contributed by atoms with Gasteiger partial charge in [-0.3, -0.25) is 9.36 Å². The van der Waals surface area contributed by atoms with Crippen LogP contribution in [0, 0.1) is 13.8 Å². The Balaban J connectivity index is 1.61. The molecule has 0 aliphatic heterocycles. The predicted octanol–water partition coefficient (Wildman–Crippen LogP) is 5.12. The molecule has 0 aliphatic rings. The average molecular weight is 421 g/mol. The van der Waals surface area contributed by atoms with Gasteiger partial charge in [0, 0.05) is 18.1 Å². The number of benzene rings is 2. The minimum Gasteiger partial charge on any atom is -0.406 e. The van der Waals surface area contributed by atoms with E-state index in [4.69, 9.17) is 0 Å². The van der Waals surface area contributed by atoms with Crippen molar-refractivity contribution in [3.8, 4) is 11.4 Å². The second-order valence-electron chi connectivity index (χ2n) is 6.21. The molecule has 0 fully saturated rings. The van der Waals surface area contributed by atoms with Gasteiger partial charge in [-0.05, 0) is 55.3 Å². The molecule has 29 heavy (non-hydrogen) atoms. The molecule has 1 amide bonds. The molecule has 0 bridgehead atoms. The molecule has 3 rings (SSSR count). The van der Waals surface area contributed by atoms with Crippen molar-refractivity contribution >= 4 is 23.4 Å². The zero-order chi connectivity index (χ0) is 21.0. The van der Waals surface area contributed by atoms with Gasteiger partial charge in [0.1, 0.15) is 5.75 Å². The number of ether oxygens (including phenoxy) is 1. The topological polar surface area (TPSA) is 56.2 Å². The molecule has 0 spiro atoms. The zero-order valence-corrected chi connectivity index (χ0v) is 16.5. The molecule has 0 saturated carbocycles. The van der Waals surface area contributed by atoms with Crippen LogP contribution in [0.25, 0.3) is 5.69 Å². The molecule has 0 unspecified atom stereocenters. The summed E-state index contributed by atoms with van der Waals surface area (Å²) in [5, 5.41) is 3.31. The molecule has 0 saturated heterocycles. The fourth-order valence-electron chi connectivity index (χ4n) is 2.64. The van der Waals surface area contributed by atoms with E-state index >= 15 is 0 Å². The maximum Gasteiger partial charge on any atom is 0.573 e. The number of carbonyl (C=O) groups excluding carboxylic acids is 1. The Hall–Kier alpha value is -2.94. The quantitative estimate of drug-likeness (QED) is 0.562. The Bertz CT molecular complexity index is 1000. The van der Waals surface area contributed by atoms with E-state index in [1.807, 2.05) is 42.8 Å². The first-order chi connectivity index (χ1) is 13.7. The lowest BCUT2D eigenvalue weighted by Gasteiger charge is -2.12. The zero-order valence-electron chi connectivity index (χ0n) is 15.7. The Kier molecular flexibility index (Phi) is 6.17. The number of imidazole rings is 1. The Labute approximate surface area is 169 Å². The van der Waals surface area contributed by atoms with Crippen molar-refractivity contribution in [2.75, 3.05) is 11.1 Å². The molecule has 152 valence electrons. The number of carbonyl (C=O) groups is 1. The highest BCUT2D eigenvalue weighted by atomic mass is 32.2. The number of hydrogen-bond acceptors (Lipinski definition) is 4. The number of halogens is 3. The van der Waals surface area contributed by atoms with Crippen LogP contribution >= 0.6 is 11.8 Å². The number of anilines is 1. The van der Waals surface area contributed by atoms with E-state index in [0.717, 1.165) is 28.9 Å². The summed E-state index contributed by atoms with van der Waals surface area (Å²) >= 11 is 1.27. The molecular weight excluding hydrogens is 403 g/mol. The standard InChI is InChI=1S/C20H18F3N3O2S/c1-13-4-3-5-17(14(13)2)26-11-10-24-19(26)29-12-18(27)25-15-6-8-16(9-7-15)28-20(21,22)23/h3-11H,12H2,1-2H3,(H,25,27). The minimum atomic E-state index is -4.75. The van der Waals surface area contributed by atoms with Crippen LogP contribution in [-0.2, 0) is 4.79 Å². The fraction of sp³-hybridized carbons (Fsp3) is 0.200. The number of nitrogens with one attached hydrogen (secondary N) is 1. The van der Waals surface area contributed by atoms with Crippen LogP contribution < -0.4 is 10.1 Å². The minimum absolute atomic E-state index is 0.0999. The van der Waals surface area contributed by atoms with Crippen LogP contribution in [0.4, 0.5) is 18.9 Å². The van der Waals surface area contributed by atoms with E-state index in [0.29, 0.717) is 10.8 Å². The molecule has 3 aromatic rings. The average Bonchev–Trinajstić information content (AvgIpc) is 3.11. The van der Waals surface area contributed by atoms with Crippen molar-refractivity contribution in [1.29, 1.82) is 0 Å². The van der Waals surface area contributed by atoms with Crippen molar-refractivity contribution in [2.45, 2.75) is 25.4 Å². The van der Waals surface area contributed by atoms with E-state index < -0.39 is 6.36 Å². The molecule has 9 heteroatoms. The first kappa shape index (κ1) is 20.8. The summed E-state index contributed by atoms with van der Waals surface area (Å²) in [6.45, 7) is 4.05. The highest BCUT2D eigenvalue weighted by Gasteiger charge is 2.30. The third-order valence-electron chi connectivity index (χ3n) is 4.15. The molecule has 0 radical (unpaired) electrons. The first-order valence-corrected chi connectivity index (χ1v) is 9.60. The van der Waals surface area contributed by atoms with E-state index in [2.05, 4.69) is 15.0 Å². The molecule has 0 atom stereocenters. The van der Waals surface area contributed by atoms with Gasteiger partial charge in [0.05, 0.1) is 11.4 Å². The Morgan fingerprint density at radius 1 is 1.17 bits per heavy atom. The Morgan fingerprint density at radius 3 is 2.59 bits per heavy atom. The van der Waals surface area contributed by atoms with Gasteiger partial charge in [-0.25, -0.2) is 4.98 Å². The monoisotopic (exact) mass is 421 g/mol. The van der Waals surface area contributed by atoms with Gasteiger partial charge < -0.3 is 10.1 Å².